The minimum absolute atomic E-state index is 0.0412. The van der Waals surface area contributed by atoms with E-state index in [1.54, 1.807) is 7.11 Å². The van der Waals surface area contributed by atoms with Crippen molar-refractivity contribution >= 4 is 6.09 Å². The zero-order valence-electron chi connectivity index (χ0n) is 20.6. The quantitative estimate of drug-likeness (QED) is 0.572. The van der Waals surface area contributed by atoms with Crippen molar-refractivity contribution in [3.8, 4) is 16.9 Å². The Morgan fingerprint density at radius 1 is 1.03 bits per heavy atom. The second-order valence-corrected chi connectivity index (χ2v) is 10.8. The molecular weight excluding hydrogens is 440 g/mol. The van der Waals surface area contributed by atoms with Crippen LogP contribution in [0.2, 0.25) is 0 Å². The number of ether oxygens (including phenoxy) is 3. The summed E-state index contributed by atoms with van der Waals surface area (Å²) in [5, 5.41) is 3.32. The number of fused-ring (bicyclic) bond motifs is 4. The van der Waals surface area contributed by atoms with Gasteiger partial charge in [-0.05, 0) is 97.3 Å². The molecule has 6 nitrogen and oxygen atoms in total. The number of carbonyl (C=O) groups is 1. The van der Waals surface area contributed by atoms with E-state index in [2.05, 4.69) is 40.5 Å². The van der Waals surface area contributed by atoms with Crippen LogP contribution >= 0.6 is 0 Å². The molecule has 0 radical (unpaired) electrons. The molecule has 1 unspecified atom stereocenters. The second kappa shape index (κ2) is 9.47. The van der Waals surface area contributed by atoms with Gasteiger partial charge in [-0.1, -0.05) is 30.3 Å². The van der Waals surface area contributed by atoms with E-state index in [9.17, 15) is 4.79 Å². The summed E-state index contributed by atoms with van der Waals surface area (Å²) in [5.74, 6) is 1.38. The highest BCUT2D eigenvalue weighted by atomic mass is 16.6. The molecule has 7 rings (SSSR count). The third kappa shape index (κ3) is 4.66. The number of alkyl carbamates (subject to hydrolysis) is 1. The highest BCUT2D eigenvalue weighted by molar-refractivity contribution is 5.70. The summed E-state index contributed by atoms with van der Waals surface area (Å²) in [6, 6.07) is 15.0. The van der Waals surface area contributed by atoms with Gasteiger partial charge >= 0.3 is 6.09 Å². The van der Waals surface area contributed by atoms with Crippen LogP contribution in [0.1, 0.15) is 49.3 Å². The maximum atomic E-state index is 13.0. The number of nitrogens with one attached hydrogen (secondary N) is 1. The smallest absolute Gasteiger partial charge is 0.407 e. The maximum Gasteiger partial charge on any atom is 0.407 e. The number of hydrogen-bond donors (Lipinski definition) is 1. The first-order chi connectivity index (χ1) is 17.1. The Kier molecular flexibility index (Phi) is 6.19. The molecule has 1 N–H and O–H groups in total. The largest absolute Gasteiger partial charge is 0.491 e. The summed E-state index contributed by atoms with van der Waals surface area (Å²) in [6.07, 6.45) is 6.66. The van der Waals surface area contributed by atoms with Gasteiger partial charge in [-0.2, -0.15) is 0 Å². The molecule has 1 amide bonds. The van der Waals surface area contributed by atoms with Crippen molar-refractivity contribution in [2.24, 2.45) is 11.3 Å². The van der Waals surface area contributed by atoms with Crippen molar-refractivity contribution in [3.63, 3.8) is 0 Å². The fourth-order valence-corrected chi connectivity index (χ4v) is 6.39. The Balaban J connectivity index is 1.16. The van der Waals surface area contributed by atoms with Crippen molar-refractivity contribution in [2.45, 2.75) is 50.7 Å². The Bertz CT molecular complexity index is 1060. The number of benzene rings is 2. The Morgan fingerprint density at radius 2 is 1.80 bits per heavy atom. The van der Waals surface area contributed by atoms with E-state index in [1.807, 2.05) is 12.1 Å². The highest BCUT2D eigenvalue weighted by Crippen LogP contribution is 2.61. The normalized spacial score (nSPS) is 27.8. The first-order valence-corrected chi connectivity index (χ1v) is 13.2. The molecule has 3 aliphatic heterocycles. The summed E-state index contributed by atoms with van der Waals surface area (Å²) >= 11 is 0. The van der Waals surface area contributed by atoms with E-state index in [4.69, 9.17) is 14.2 Å². The Hall–Kier alpha value is -2.57. The standard InChI is InChI=1S/C29H36N2O4/c1-33-16-17-34-24-5-2-20(3-6-24)22-4-7-25-23(18-22)8-11-29(12-13-29)27(25)30-28(32)35-26-19-31-14-9-21(26)10-15-31/h2-7,18,21,26-27H,8-17,19H2,1H3,(H,30,32)/t26-,27?/m0/s1. The lowest BCUT2D eigenvalue weighted by Gasteiger charge is -2.44. The predicted molar refractivity (Wildman–Crippen MR) is 135 cm³/mol. The molecule has 4 fully saturated rings. The van der Waals surface area contributed by atoms with Gasteiger partial charge in [0.15, 0.2) is 0 Å². The average molecular weight is 477 g/mol. The van der Waals surface area contributed by atoms with Crippen LogP contribution in [0, 0.1) is 11.3 Å². The number of methoxy groups -OCH3 is 1. The van der Waals surface area contributed by atoms with Crippen LogP contribution in [0.15, 0.2) is 42.5 Å². The molecule has 3 heterocycles. The van der Waals surface area contributed by atoms with Crippen LogP contribution in [-0.2, 0) is 15.9 Å². The molecule has 186 valence electrons. The second-order valence-electron chi connectivity index (χ2n) is 10.8. The van der Waals surface area contributed by atoms with Crippen LogP contribution < -0.4 is 10.1 Å². The topological polar surface area (TPSA) is 60.0 Å². The number of amides is 1. The third-order valence-electron chi connectivity index (χ3n) is 8.71. The summed E-state index contributed by atoms with van der Waals surface area (Å²) in [6.45, 7) is 4.32. The van der Waals surface area contributed by atoms with Gasteiger partial charge in [0, 0.05) is 13.7 Å². The number of nitrogens with zero attached hydrogens (tertiary/aromatic N) is 1. The van der Waals surface area contributed by atoms with Gasteiger partial charge in [0.2, 0.25) is 0 Å². The minimum Gasteiger partial charge on any atom is -0.491 e. The van der Waals surface area contributed by atoms with Crippen LogP contribution in [-0.4, -0.2) is 57.1 Å². The number of hydrogen-bond acceptors (Lipinski definition) is 5. The number of piperidine rings is 3. The van der Waals surface area contributed by atoms with E-state index < -0.39 is 0 Å². The van der Waals surface area contributed by atoms with Gasteiger partial charge < -0.3 is 19.5 Å². The molecule has 2 aromatic rings. The van der Waals surface area contributed by atoms with Gasteiger partial charge in [0.1, 0.15) is 18.5 Å². The highest BCUT2D eigenvalue weighted by Gasteiger charge is 2.53. The first kappa shape index (κ1) is 22.9. The molecule has 5 aliphatic rings. The fourth-order valence-electron chi connectivity index (χ4n) is 6.39. The van der Waals surface area contributed by atoms with Crippen LogP contribution in [0.5, 0.6) is 5.75 Å². The summed E-state index contributed by atoms with van der Waals surface area (Å²) in [5.41, 5.74) is 5.19. The molecule has 2 aliphatic carbocycles. The van der Waals surface area contributed by atoms with Gasteiger partial charge in [0.05, 0.1) is 12.6 Å². The van der Waals surface area contributed by atoms with E-state index in [0.717, 1.165) is 51.1 Å². The third-order valence-corrected chi connectivity index (χ3v) is 8.71. The van der Waals surface area contributed by atoms with E-state index >= 15 is 0 Å². The van der Waals surface area contributed by atoms with Crippen molar-refractivity contribution < 1.29 is 19.0 Å². The Morgan fingerprint density at radius 3 is 2.49 bits per heavy atom. The summed E-state index contributed by atoms with van der Waals surface area (Å²) in [7, 11) is 1.68. The zero-order chi connectivity index (χ0) is 23.8. The van der Waals surface area contributed by atoms with Crippen molar-refractivity contribution in [2.75, 3.05) is 40.0 Å². The SMILES string of the molecule is COCCOc1ccc(-c2ccc3c(c2)CCC2(CC2)C3NC(=O)O[C@H]2CN3CCC2CC3)cc1. The zero-order valence-corrected chi connectivity index (χ0v) is 20.6. The predicted octanol–water partition coefficient (Wildman–Crippen LogP) is 4.97. The van der Waals surface area contributed by atoms with Crippen LogP contribution in [0.4, 0.5) is 4.79 Å². The summed E-state index contributed by atoms with van der Waals surface area (Å²) in [4.78, 5) is 15.5. The maximum absolute atomic E-state index is 13.0. The van der Waals surface area contributed by atoms with Crippen molar-refractivity contribution in [1.82, 2.24) is 10.2 Å². The number of carbonyl (C=O) groups excluding carboxylic acids is 1. The van der Waals surface area contributed by atoms with Gasteiger partial charge in [-0.3, -0.25) is 4.90 Å². The molecule has 2 bridgehead atoms. The van der Waals surface area contributed by atoms with Gasteiger partial charge in [-0.25, -0.2) is 4.79 Å². The number of aryl methyl sites for hydroxylation is 1. The van der Waals surface area contributed by atoms with Gasteiger partial charge in [0.25, 0.3) is 0 Å². The van der Waals surface area contributed by atoms with Crippen molar-refractivity contribution in [1.29, 1.82) is 0 Å². The van der Waals surface area contributed by atoms with Crippen LogP contribution in [0.3, 0.4) is 0 Å². The van der Waals surface area contributed by atoms with Crippen molar-refractivity contribution in [3.05, 3.63) is 53.6 Å². The number of rotatable bonds is 7. The monoisotopic (exact) mass is 476 g/mol. The molecular formula is C29H36N2O4. The lowest BCUT2D eigenvalue weighted by Crippen LogP contribution is -2.53. The molecule has 1 saturated carbocycles. The molecule has 1 spiro atoms. The lowest BCUT2D eigenvalue weighted by atomic mass is 9.76. The first-order valence-electron chi connectivity index (χ1n) is 13.2. The Labute approximate surface area is 207 Å². The van der Waals surface area contributed by atoms with Gasteiger partial charge in [-0.15, -0.1) is 0 Å². The molecule has 3 saturated heterocycles. The fraction of sp³-hybridized carbons (Fsp3) is 0.552. The van der Waals surface area contributed by atoms with E-state index in [-0.39, 0.29) is 23.7 Å². The molecule has 2 atom stereocenters. The minimum atomic E-state index is -0.235. The van der Waals surface area contributed by atoms with E-state index in [1.165, 1.54) is 35.1 Å². The molecule has 35 heavy (non-hydrogen) atoms. The molecule has 6 heteroatoms. The van der Waals surface area contributed by atoms with E-state index in [0.29, 0.717) is 19.1 Å². The van der Waals surface area contributed by atoms with Crippen LogP contribution in [0.25, 0.3) is 11.1 Å². The molecule has 0 aromatic heterocycles. The average Bonchev–Trinajstić information content (AvgIpc) is 3.67. The molecule has 2 aromatic carbocycles. The lowest BCUT2D eigenvalue weighted by molar-refractivity contribution is -0.0347. The summed E-state index contributed by atoms with van der Waals surface area (Å²) < 4.78 is 16.7.